The summed E-state index contributed by atoms with van der Waals surface area (Å²) in [6.07, 6.45) is 2.55. The van der Waals surface area contributed by atoms with E-state index in [9.17, 15) is 8.42 Å². The number of thiazole rings is 1. The number of hydrogen-bond acceptors (Lipinski definition) is 5. The number of aromatic nitrogens is 1. The number of benzene rings is 2. The van der Waals surface area contributed by atoms with Gasteiger partial charge in [-0.05, 0) is 36.6 Å². The van der Waals surface area contributed by atoms with Crippen molar-refractivity contribution in [1.29, 1.82) is 0 Å². The summed E-state index contributed by atoms with van der Waals surface area (Å²) < 4.78 is 28.3. The van der Waals surface area contributed by atoms with E-state index in [-0.39, 0.29) is 6.04 Å². The maximum Gasteiger partial charge on any atom is 0.240 e. The molecular weight excluding hydrogens is 378 g/mol. The van der Waals surface area contributed by atoms with Crippen molar-refractivity contribution >= 4 is 26.5 Å². The summed E-state index contributed by atoms with van der Waals surface area (Å²) in [5, 5.41) is 2.88. The summed E-state index contributed by atoms with van der Waals surface area (Å²) in [4.78, 5) is 6.72. The number of anilines is 1. The molecule has 5 nitrogen and oxygen atoms in total. The van der Waals surface area contributed by atoms with Gasteiger partial charge in [0.15, 0.2) is 5.13 Å². The van der Waals surface area contributed by atoms with Crippen LogP contribution in [0, 0.1) is 6.92 Å². The molecule has 1 aliphatic heterocycles. The second kappa shape index (κ2) is 7.42. The molecule has 0 radical (unpaired) electrons. The molecule has 1 saturated heterocycles. The van der Waals surface area contributed by atoms with Crippen molar-refractivity contribution in [3.63, 3.8) is 0 Å². The number of nitrogens with zero attached hydrogens (tertiary/aromatic N) is 2. The first-order chi connectivity index (χ1) is 13.0. The molecule has 0 saturated carbocycles. The number of sulfonamides is 1. The first-order valence-electron chi connectivity index (χ1n) is 8.85. The van der Waals surface area contributed by atoms with Crippen LogP contribution >= 0.6 is 11.3 Å². The summed E-state index contributed by atoms with van der Waals surface area (Å²) in [6.45, 7) is 3.51. The molecule has 1 N–H and O–H groups in total. The molecule has 2 aromatic carbocycles. The molecule has 0 spiro atoms. The van der Waals surface area contributed by atoms with Crippen molar-refractivity contribution in [2.75, 3.05) is 18.0 Å². The van der Waals surface area contributed by atoms with E-state index >= 15 is 0 Å². The minimum absolute atomic E-state index is 0.101. The van der Waals surface area contributed by atoms with Gasteiger partial charge in [0, 0.05) is 30.7 Å². The van der Waals surface area contributed by atoms with Crippen LogP contribution in [0.3, 0.4) is 0 Å². The summed E-state index contributed by atoms with van der Waals surface area (Å²) >= 11 is 1.57. The van der Waals surface area contributed by atoms with E-state index in [4.69, 9.17) is 0 Å². The fourth-order valence-electron chi connectivity index (χ4n) is 3.26. The van der Waals surface area contributed by atoms with Crippen LogP contribution in [0.4, 0.5) is 5.13 Å². The second-order valence-electron chi connectivity index (χ2n) is 6.76. The monoisotopic (exact) mass is 399 g/mol. The Bertz CT molecular complexity index is 998. The Labute approximate surface area is 163 Å². The zero-order chi connectivity index (χ0) is 18.9. The molecule has 7 heteroatoms. The Balaban J connectivity index is 1.45. The third kappa shape index (κ3) is 4.05. The number of nitrogens with one attached hydrogen (secondary N) is 1. The van der Waals surface area contributed by atoms with Crippen molar-refractivity contribution in [2.45, 2.75) is 24.3 Å². The van der Waals surface area contributed by atoms with Crippen LogP contribution in [0.5, 0.6) is 0 Å². The predicted molar refractivity (Wildman–Crippen MR) is 110 cm³/mol. The average Bonchev–Trinajstić information content (AvgIpc) is 3.34. The normalized spacial score (nSPS) is 17.4. The van der Waals surface area contributed by atoms with Gasteiger partial charge in [-0.1, -0.05) is 42.0 Å². The number of aryl methyl sites for hydroxylation is 1. The van der Waals surface area contributed by atoms with E-state index in [0.717, 1.165) is 29.2 Å². The lowest BCUT2D eigenvalue weighted by molar-refractivity contribution is 0.561. The molecule has 4 rings (SSSR count). The van der Waals surface area contributed by atoms with Gasteiger partial charge in [-0.2, -0.15) is 0 Å². The molecule has 1 aliphatic rings. The Hall–Kier alpha value is -2.22. The summed E-state index contributed by atoms with van der Waals surface area (Å²) in [6, 6.07) is 15.1. The Kier molecular flexibility index (Phi) is 4.99. The molecule has 0 bridgehead atoms. The van der Waals surface area contributed by atoms with Gasteiger partial charge in [0.25, 0.3) is 0 Å². The Morgan fingerprint density at radius 3 is 2.37 bits per heavy atom. The summed E-state index contributed by atoms with van der Waals surface area (Å²) in [7, 11) is -3.54. The smallest absolute Gasteiger partial charge is 0.240 e. The number of rotatable bonds is 5. The fourth-order valence-corrected chi connectivity index (χ4v) is 5.20. The lowest BCUT2D eigenvalue weighted by Crippen LogP contribution is -2.37. The van der Waals surface area contributed by atoms with Crippen molar-refractivity contribution in [1.82, 2.24) is 9.71 Å². The van der Waals surface area contributed by atoms with Gasteiger partial charge in [-0.25, -0.2) is 18.1 Å². The van der Waals surface area contributed by atoms with E-state index in [2.05, 4.69) is 26.7 Å². The van der Waals surface area contributed by atoms with Gasteiger partial charge in [-0.15, -0.1) is 11.3 Å². The van der Waals surface area contributed by atoms with Gasteiger partial charge < -0.3 is 4.90 Å². The molecule has 1 fully saturated rings. The highest BCUT2D eigenvalue weighted by Gasteiger charge is 2.28. The van der Waals surface area contributed by atoms with Gasteiger partial charge in [0.05, 0.1) is 4.90 Å². The minimum atomic E-state index is -3.54. The summed E-state index contributed by atoms with van der Waals surface area (Å²) in [5.41, 5.74) is 3.28. The van der Waals surface area contributed by atoms with Gasteiger partial charge in [-0.3, -0.25) is 0 Å². The maximum atomic E-state index is 12.7. The second-order valence-corrected chi connectivity index (χ2v) is 9.34. The van der Waals surface area contributed by atoms with E-state index in [1.807, 2.05) is 36.6 Å². The van der Waals surface area contributed by atoms with Crippen LogP contribution in [-0.4, -0.2) is 32.5 Å². The van der Waals surface area contributed by atoms with E-state index < -0.39 is 10.0 Å². The van der Waals surface area contributed by atoms with Crippen molar-refractivity contribution in [3.05, 3.63) is 65.7 Å². The van der Waals surface area contributed by atoms with Gasteiger partial charge >= 0.3 is 0 Å². The molecule has 0 amide bonds. The Morgan fingerprint density at radius 1 is 1.07 bits per heavy atom. The van der Waals surface area contributed by atoms with Crippen LogP contribution in [-0.2, 0) is 10.0 Å². The molecular formula is C20H21N3O2S2. The van der Waals surface area contributed by atoms with Crippen molar-refractivity contribution in [3.8, 4) is 11.1 Å². The lowest BCUT2D eigenvalue weighted by atomic mass is 10.0. The van der Waals surface area contributed by atoms with Gasteiger partial charge in [0.2, 0.25) is 10.0 Å². The highest BCUT2D eigenvalue weighted by Crippen LogP contribution is 2.24. The van der Waals surface area contributed by atoms with Gasteiger partial charge in [0.1, 0.15) is 0 Å². The van der Waals surface area contributed by atoms with Crippen molar-refractivity contribution < 1.29 is 8.42 Å². The van der Waals surface area contributed by atoms with E-state index in [0.29, 0.717) is 11.4 Å². The van der Waals surface area contributed by atoms with Crippen LogP contribution in [0.15, 0.2) is 65.0 Å². The molecule has 27 heavy (non-hydrogen) atoms. The lowest BCUT2D eigenvalue weighted by Gasteiger charge is -2.16. The zero-order valence-corrected chi connectivity index (χ0v) is 16.6. The third-order valence-corrected chi connectivity index (χ3v) is 7.12. The zero-order valence-electron chi connectivity index (χ0n) is 15.0. The van der Waals surface area contributed by atoms with Crippen LogP contribution in [0.25, 0.3) is 11.1 Å². The van der Waals surface area contributed by atoms with E-state index in [1.54, 1.807) is 29.7 Å². The quantitative estimate of drug-likeness (QED) is 0.711. The maximum absolute atomic E-state index is 12.7. The molecule has 2 heterocycles. The minimum Gasteiger partial charge on any atom is -0.346 e. The van der Waals surface area contributed by atoms with Crippen LogP contribution in [0.1, 0.15) is 12.0 Å². The standard InChI is InChI=1S/C20H21N3O2S2/c1-15-2-4-16(5-3-15)17-6-8-19(9-7-17)27(24,25)22-18-10-12-23(14-18)20-21-11-13-26-20/h2-9,11,13,18,22H,10,12,14H2,1H3. The average molecular weight is 400 g/mol. The molecule has 0 aliphatic carbocycles. The largest absolute Gasteiger partial charge is 0.346 e. The predicted octanol–water partition coefficient (Wildman–Crippen LogP) is 3.68. The highest BCUT2D eigenvalue weighted by molar-refractivity contribution is 7.89. The molecule has 1 atom stereocenters. The van der Waals surface area contributed by atoms with E-state index in [1.165, 1.54) is 5.56 Å². The first-order valence-corrected chi connectivity index (χ1v) is 11.2. The van der Waals surface area contributed by atoms with Crippen molar-refractivity contribution in [2.24, 2.45) is 0 Å². The number of hydrogen-bond donors (Lipinski definition) is 1. The first kappa shape index (κ1) is 18.2. The SMILES string of the molecule is Cc1ccc(-c2ccc(S(=O)(=O)NC3CCN(c4nccs4)C3)cc2)cc1. The topological polar surface area (TPSA) is 62.3 Å². The van der Waals surface area contributed by atoms with Crippen LogP contribution in [0.2, 0.25) is 0 Å². The highest BCUT2D eigenvalue weighted by atomic mass is 32.2. The molecule has 3 aromatic rings. The molecule has 1 unspecified atom stereocenters. The fraction of sp³-hybridized carbons (Fsp3) is 0.250. The Morgan fingerprint density at radius 2 is 1.74 bits per heavy atom. The van der Waals surface area contributed by atoms with Crippen LogP contribution < -0.4 is 9.62 Å². The molecule has 1 aromatic heterocycles. The molecule has 140 valence electrons. The summed E-state index contributed by atoms with van der Waals surface area (Å²) in [5.74, 6) is 0. The third-order valence-electron chi connectivity index (χ3n) is 4.75.